The van der Waals surface area contributed by atoms with Crippen molar-refractivity contribution in [2.24, 2.45) is 0 Å². The largest absolute Gasteiger partial charge is 0.362 e. The lowest BCUT2D eigenvalue weighted by molar-refractivity contribution is 0.937. The molecule has 0 radical (unpaired) electrons. The fourth-order valence-corrected chi connectivity index (χ4v) is 3.01. The van der Waals surface area contributed by atoms with Gasteiger partial charge in [0.05, 0.1) is 22.9 Å². The average Bonchev–Trinajstić information content (AvgIpc) is 3.01. The van der Waals surface area contributed by atoms with E-state index in [9.17, 15) is 4.79 Å². The van der Waals surface area contributed by atoms with Gasteiger partial charge >= 0.3 is 5.69 Å². The third-order valence-corrected chi connectivity index (χ3v) is 4.18. The molecule has 2 aromatic carbocycles. The summed E-state index contributed by atoms with van der Waals surface area (Å²) in [4.78, 5) is 18.8. The standard InChI is InChI=1S/C17H14ClN5O/c1-22(2)16-13-5-3-11(18)8-15(13)23(17(24)20-16)12-4-6-14-10(7-12)9-19-21-14/h3-9H,1-2H3,(H,19,21). The molecule has 0 aliphatic rings. The van der Waals surface area contributed by atoms with Gasteiger partial charge in [-0.3, -0.25) is 9.67 Å². The average molecular weight is 340 g/mol. The first kappa shape index (κ1) is 14.7. The molecular formula is C17H14ClN5O. The highest BCUT2D eigenvalue weighted by Gasteiger charge is 2.14. The van der Waals surface area contributed by atoms with Crippen LogP contribution in [-0.4, -0.2) is 33.8 Å². The van der Waals surface area contributed by atoms with E-state index in [1.807, 2.05) is 43.3 Å². The minimum atomic E-state index is -0.351. The summed E-state index contributed by atoms with van der Waals surface area (Å²) < 4.78 is 1.57. The molecule has 4 aromatic rings. The third-order valence-electron chi connectivity index (χ3n) is 3.94. The zero-order valence-electron chi connectivity index (χ0n) is 13.1. The van der Waals surface area contributed by atoms with Gasteiger partial charge in [-0.1, -0.05) is 11.6 Å². The Morgan fingerprint density at radius 3 is 2.79 bits per heavy atom. The monoisotopic (exact) mass is 339 g/mol. The van der Waals surface area contributed by atoms with Gasteiger partial charge in [0.15, 0.2) is 0 Å². The number of nitrogens with zero attached hydrogens (tertiary/aromatic N) is 4. The molecule has 24 heavy (non-hydrogen) atoms. The first-order chi connectivity index (χ1) is 11.5. The van der Waals surface area contributed by atoms with E-state index in [-0.39, 0.29) is 5.69 Å². The number of fused-ring (bicyclic) bond motifs is 2. The number of aromatic amines is 1. The van der Waals surface area contributed by atoms with Crippen LogP contribution in [0.4, 0.5) is 5.82 Å². The maximum Gasteiger partial charge on any atom is 0.354 e. The Labute approximate surface area is 142 Å². The van der Waals surface area contributed by atoms with Crippen molar-refractivity contribution in [2.75, 3.05) is 19.0 Å². The maximum absolute atomic E-state index is 12.7. The summed E-state index contributed by atoms with van der Waals surface area (Å²) in [6.45, 7) is 0. The highest BCUT2D eigenvalue weighted by molar-refractivity contribution is 6.31. The van der Waals surface area contributed by atoms with Crippen LogP contribution in [0.2, 0.25) is 5.02 Å². The van der Waals surface area contributed by atoms with Gasteiger partial charge in [-0.05, 0) is 36.4 Å². The van der Waals surface area contributed by atoms with Gasteiger partial charge in [0.25, 0.3) is 0 Å². The molecule has 0 atom stereocenters. The van der Waals surface area contributed by atoms with Crippen LogP contribution in [0.15, 0.2) is 47.4 Å². The number of halogens is 1. The Balaban J connectivity index is 2.11. The quantitative estimate of drug-likeness (QED) is 0.609. The fourth-order valence-electron chi connectivity index (χ4n) is 2.84. The van der Waals surface area contributed by atoms with E-state index >= 15 is 0 Å². The molecule has 0 saturated carbocycles. The van der Waals surface area contributed by atoms with Crippen molar-refractivity contribution >= 4 is 39.2 Å². The number of benzene rings is 2. The van der Waals surface area contributed by atoms with Crippen LogP contribution in [-0.2, 0) is 0 Å². The van der Waals surface area contributed by atoms with Gasteiger partial charge in [-0.15, -0.1) is 0 Å². The van der Waals surface area contributed by atoms with E-state index in [4.69, 9.17) is 11.6 Å². The summed E-state index contributed by atoms with van der Waals surface area (Å²) in [6, 6.07) is 11.1. The highest BCUT2D eigenvalue weighted by atomic mass is 35.5. The Morgan fingerprint density at radius 2 is 2.00 bits per heavy atom. The van der Waals surface area contributed by atoms with E-state index in [0.29, 0.717) is 16.4 Å². The van der Waals surface area contributed by atoms with Gasteiger partial charge in [0.1, 0.15) is 5.82 Å². The molecule has 0 aliphatic carbocycles. The van der Waals surface area contributed by atoms with Crippen molar-refractivity contribution in [3.05, 3.63) is 58.1 Å². The SMILES string of the molecule is CN(C)c1nc(=O)n(-c2ccc3[nH]ncc3c2)c2cc(Cl)ccc12. The highest BCUT2D eigenvalue weighted by Crippen LogP contribution is 2.27. The molecule has 7 heteroatoms. The van der Waals surface area contributed by atoms with Gasteiger partial charge in [-0.2, -0.15) is 10.1 Å². The Hall–Kier alpha value is -2.86. The molecule has 0 bridgehead atoms. The molecule has 0 fully saturated rings. The van der Waals surface area contributed by atoms with E-state index in [2.05, 4.69) is 15.2 Å². The van der Waals surface area contributed by atoms with Crippen molar-refractivity contribution in [3.63, 3.8) is 0 Å². The molecule has 0 spiro atoms. The van der Waals surface area contributed by atoms with Gasteiger partial charge in [0.2, 0.25) is 0 Å². The molecule has 2 aromatic heterocycles. The smallest absolute Gasteiger partial charge is 0.354 e. The molecule has 4 rings (SSSR count). The van der Waals surface area contributed by atoms with Gasteiger partial charge in [-0.25, -0.2) is 4.79 Å². The lowest BCUT2D eigenvalue weighted by Crippen LogP contribution is -2.25. The zero-order valence-corrected chi connectivity index (χ0v) is 13.9. The summed E-state index contributed by atoms with van der Waals surface area (Å²) in [5.74, 6) is 0.618. The molecule has 1 N–H and O–H groups in total. The number of hydrogen-bond acceptors (Lipinski definition) is 4. The third kappa shape index (κ3) is 2.23. The molecule has 2 heterocycles. The van der Waals surface area contributed by atoms with Crippen LogP contribution in [0.25, 0.3) is 27.5 Å². The van der Waals surface area contributed by atoms with Gasteiger partial charge in [0, 0.05) is 29.9 Å². The molecular weight excluding hydrogens is 326 g/mol. The van der Waals surface area contributed by atoms with Crippen molar-refractivity contribution < 1.29 is 0 Å². The van der Waals surface area contributed by atoms with E-state index < -0.39 is 0 Å². The Morgan fingerprint density at radius 1 is 1.17 bits per heavy atom. The van der Waals surface area contributed by atoms with Crippen LogP contribution in [0, 0.1) is 0 Å². The lowest BCUT2D eigenvalue weighted by Gasteiger charge is -2.17. The van der Waals surface area contributed by atoms with Crippen LogP contribution in [0.1, 0.15) is 0 Å². The minimum Gasteiger partial charge on any atom is -0.362 e. The summed E-state index contributed by atoms with van der Waals surface area (Å²) in [5, 5.41) is 9.26. The number of H-pyrrole nitrogens is 1. The van der Waals surface area contributed by atoms with Crippen LogP contribution in [0.5, 0.6) is 0 Å². The number of nitrogens with one attached hydrogen (secondary N) is 1. The first-order valence-electron chi connectivity index (χ1n) is 7.38. The molecule has 120 valence electrons. The van der Waals surface area contributed by atoms with Crippen LogP contribution in [0.3, 0.4) is 0 Å². The molecule has 0 saturated heterocycles. The number of anilines is 1. The summed E-state index contributed by atoms with van der Waals surface area (Å²) in [6.07, 6.45) is 1.72. The predicted octanol–water partition coefficient (Wildman–Crippen LogP) is 2.98. The van der Waals surface area contributed by atoms with Crippen molar-refractivity contribution in [2.45, 2.75) is 0 Å². The summed E-state index contributed by atoms with van der Waals surface area (Å²) in [5.41, 5.74) is 2.00. The van der Waals surface area contributed by atoms with Crippen LogP contribution >= 0.6 is 11.6 Å². The molecule has 6 nitrogen and oxygen atoms in total. The Bertz CT molecular complexity index is 1130. The summed E-state index contributed by atoms with van der Waals surface area (Å²) in [7, 11) is 3.72. The molecule has 0 amide bonds. The topological polar surface area (TPSA) is 66.8 Å². The van der Waals surface area contributed by atoms with E-state index in [1.165, 1.54) is 0 Å². The first-order valence-corrected chi connectivity index (χ1v) is 7.75. The Kier molecular flexibility index (Phi) is 3.28. The van der Waals surface area contributed by atoms with Crippen LogP contribution < -0.4 is 10.6 Å². The minimum absolute atomic E-state index is 0.351. The molecule has 0 unspecified atom stereocenters. The van der Waals surface area contributed by atoms with Crippen molar-refractivity contribution in [3.8, 4) is 5.69 Å². The predicted molar refractivity (Wildman–Crippen MR) is 96.3 cm³/mol. The number of aromatic nitrogens is 4. The number of rotatable bonds is 2. The maximum atomic E-state index is 12.7. The normalized spacial score (nSPS) is 11.3. The van der Waals surface area contributed by atoms with E-state index in [0.717, 1.165) is 22.0 Å². The second-order valence-corrected chi connectivity index (χ2v) is 6.19. The van der Waals surface area contributed by atoms with Gasteiger partial charge < -0.3 is 4.90 Å². The second kappa shape index (κ2) is 5.35. The van der Waals surface area contributed by atoms with Crippen molar-refractivity contribution in [1.82, 2.24) is 19.7 Å². The number of hydrogen-bond donors (Lipinski definition) is 1. The fraction of sp³-hybridized carbons (Fsp3) is 0.118. The molecule has 0 aliphatic heterocycles. The lowest BCUT2D eigenvalue weighted by atomic mass is 10.2. The zero-order chi connectivity index (χ0) is 16.8. The van der Waals surface area contributed by atoms with Crippen molar-refractivity contribution in [1.29, 1.82) is 0 Å². The van der Waals surface area contributed by atoms with E-state index in [1.54, 1.807) is 22.9 Å². The summed E-state index contributed by atoms with van der Waals surface area (Å²) >= 11 is 6.18. The second-order valence-electron chi connectivity index (χ2n) is 5.75.